The topological polar surface area (TPSA) is 37.3 Å². The molecule has 2 aliphatic rings. The molecule has 0 aromatic carbocycles. The molecule has 0 radical (unpaired) electrons. The van der Waals surface area contributed by atoms with Gasteiger partial charge in [-0.15, -0.1) is 0 Å². The maximum atomic E-state index is 11.7. The molecule has 0 heterocycles. The van der Waals surface area contributed by atoms with Crippen molar-refractivity contribution in [3.8, 4) is 0 Å². The third-order valence-electron chi connectivity index (χ3n) is 6.86. The van der Waals surface area contributed by atoms with E-state index >= 15 is 0 Å². The van der Waals surface area contributed by atoms with Gasteiger partial charge in [-0.05, 0) is 69.1 Å². The van der Waals surface area contributed by atoms with Crippen molar-refractivity contribution in [3.63, 3.8) is 0 Å². The van der Waals surface area contributed by atoms with Crippen LogP contribution in [0.5, 0.6) is 0 Å². The third-order valence-corrected chi connectivity index (χ3v) is 6.86. The molecule has 1 N–H and O–H groups in total. The van der Waals surface area contributed by atoms with Crippen LogP contribution < -0.4 is 0 Å². The lowest BCUT2D eigenvalue weighted by atomic mass is 9.47. The van der Waals surface area contributed by atoms with Crippen LogP contribution in [0.3, 0.4) is 0 Å². The van der Waals surface area contributed by atoms with E-state index in [-0.39, 0.29) is 23.4 Å². The Kier molecular flexibility index (Phi) is 5.32. The largest absolute Gasteiger partial charge is 0.392 e. The summed E-state index contributed by atoms with van der Waals surface area (Å²) in [6, 6.07) is 0. The Morgan fingerprint density at radius 1 is 1.41 bits per heavy atom. The molecule has 2 rings (SSSR count). The van der Waals surface area contributed by atoms with E-state index in [2.05, 4.69) is 33.8 Å². The standard InChI is InChI=1S/C20H32O2/c1-15(10-13-21)8-11-20(4)17(14-22)9-12-19(3)16(2)6-5-7-18(19)20/h6,10,14,17-18,21H,5,7-9,11-13H2,1-4H3/b15-10+/t17-,18-,19-,20-/m0/s1. The fraction of sp³-hybridized carbons (Fsp3) is 0.750. The highest BCUT2D eigenvalue weighted by molar-refractivity contribution is 5.56. The Morgan fingerprint density at radius 3 is 2.77 bits per heavy atom. The number of allylic oxidation sites excluding steroid dienone is 3. The fourth-order valence-corrected chi connectivity index (χ4v) is 5.07. The smallest absolute Gasteiger partial charge is 0.123 e. The summed E-state index contributed by atoms with van der Waals surface area (Å²) in [7, 11) is 0. The highest BCUT2D eigenvalue weighted by Crippen LogP contribution is 2.61. The fourth-order valence-electron chi connectivity index (χ4n) is 5.07. The molecule has 1 fully saturated rings. The minimum atomic E-state index is 0.0782. The van der Waals surface area contributed by atoms with E-state index in [0.717, 1.165) is 32.1 Å². The lowest BCUT2D eigenvalue weighted by Gasteiger charge is -2.57. The zero-order valence-corrected chi connectivity index (χ0v) is 14.7. The molecule has 0 spiro atoms. The molecular weight excluding hydrogens is 272 g/mol. The van der Waals surface area contributed by atoms with E-state index in [1.54, 1.807) is 0 Å². The first-order chi connectivity index (χ1) is 10.4. The molecule has 0 aromatic heterocycles. The molecule has 22 heavy (non-hydrogen) atoms. The van der Waals surface area contributed by atoms with E-state index in [9.17, 15) is 4.79 Å². The molecule has 1 saturated carbocycles. The summed E-state index contributed by atoms with van der Waals surface area (Å²) >= 11 is 0. The lowest BCUT2D eigenvalue weighted by Crippen LogP contribution is -2.50. The minimum absolute atomic E-state index is 0.0782. The van der Waals surface area contributed by atoms with Crippen LogP contribution in [0.15, 0.2) is 23.3 Å². The Balaban J connectivity index is 2.29. The predicted molar refractivity (Wildman–Crippen MR) is 91.6 cm³/mol. The van der Waals surface area contributed by atoms with E-state index < -0.39 is 0 Å². The van der Waals surface area contributed by atoms with Crippen molar-refractivity contribution >= 4 is 6.29 Å². The van der Waals surface area contributed by atoms with Gasteiger partial charge >= 0.3 is 0 Å². The van der Waals surface area contributed by atoms with Gasteiger partial charge in [0.25, 0.3) is 0 Å². The number of fused-ring (bicyclic) bond motifs is 1. The van der Waals surface area contributed by atoms with Crippen molar-refractivity contribution in [2.75, 3.05) is 6.61 Å². The average molecular weight is 304 g/mol. The van der Waals surface area contributed by atoms with Crippen molar-refractivity contribution in [2.45, 2.75) is 66.2 Å². The Labute approximate surface area is 135 Å². The molecule has 4 atom stereocenters. The number of hydrogen-bond acceptors (Lipinski definition) is 2. The predicted octanol–water partition coefficient (Wildman–Crippen LogP) is 4.68. The van der Waals surface area contributed by atoms with Crippen molar-refractivity contribution in [2.24, 2.45) is 22.7 Å². The van der Waals surface area contributed by atoms with E-state index in [1.165, 1.54) is 23.9 Å². The number of carbonyl (C=O) groups excluding carboxylic acids is 1. The summed E-state index contributed by atoms with van der Waals surface area (Å²) in [6.07, 6.45) is 12.1. The first kappa shape index (κ1) is 17.5. The van der Waals surface area contributed by atoms with Gasteiger partial charge < -0.3 is 9.90 Å². The second-order valence-corrected chi connectivity index (χ2v) is 7.95. The second-order valence-electron chi connectivity index (χ2n) is 7.95. The van der Waals surface area contributed by atoms with Crippen molar-refractivity contribution in [1.29, 1.82) is 0 Å². The molecule has 2 nitrogen and oxygen atoms in total. The summed E-state index contributed by atoms with van der Waals surface area (Å²) in [5.41, 5.74) is 3.11. The van der Waals surface area contributed by atoms with Gasteiger partial charge in [0, 0.05) is 5.92 Å². The van der Waals surface area contributed by atoms with Crippen LogP contribution in [0.25, 0.3) is 0 Å². The molecular formula is C20H32O2. The zero-order valence-electron chi connectivity index (χ0n) is 14.7. The number of rotatable bonds is 5. The van der Waals surface area contributed by atoms with Crippen molar-refractivity contribution in [1.82, 2.24) is 0 Å². The molecule has 124 valence electrons. The molecule has 0 saturated heterocycles. The van der Waals surface area contributed by atoms with Crippen LogP contribution in [0.2, 0.25) is 0 Å². The first-order valence-electron chi connectivity index (χ1n) is 8.77. The van der Waals surface area contributed by atoms with Crippen molar-refractivity contribution in [3.05, 3.63) is 23.3 Å². The van der Waals surface area contributed by atoms with Crippen molar-refractivity contribution < 1.29 is 9.90 Å². The maximum absolute atomic E-state index is 11.7. The molecule has 0 bridgehead atoms. The van der Waals surface area contributed by atoms with Crippen LogP contribution >= 0.6 is 0 Å². The van der Waals surface area contributed by atoms with E-state index in [0.29, 0.717) is 5.92 Å². The van der Waals surface area contributed by atoms with Crippen LogP contribution in [0.4, 0.5) is 0 Å². The quantitative estimate of drug-likeness (QED) is 0.591. The van der Waals surface area contributed by atoms with Gasteiger partial charge in [-0.25, -0.2) is 0 Å². The summed E-state index contributed by atoms with van der Waals surface area (Å²) in [6.45, 7) is 9.24. The van der Waals surface area contributed by atoms with Gasteiger partial charge in [0.1, 0.15) is 6.29 Å². The van der Waals surface area contributed by atoms with Crippen LogP contribution in [-0.2, 0) is 4.79 Å². The van der Waals surface area contributed by atoms with Gasteiger partial charge in [0.15, 0.2) is 0 Å². The van der Waals surface area contributed by atoms with Gasteiger partial charge in [-0.3, -0.25) is 0 Å². The minimum Gasteiger partial charge on any atom is -0.392 e. The van der Waals surface area contributed by atoms with E-state index in [4.69, 9.17) is 5.11 Å². The SMILES string of the molecule is CC1=CCC[C@@H]2[C@@](C)(CC/C(C)=C/CO)[C@H](C=O)CC[C@@]12C. The molecule has 0 unspecified atom stereocenters. The Hall–Kier alpha value is -0.890. The number of hydrogen-bond donors (Lipinski definition) is 1. The average Bonchev–Trinajstić information content (AvgIpc) is 2.48. The van der Waals surface area contributed by atoms with Gasteiger partial charge in [-0.1, -0.05) is 37.1 Å². The number of aliphatic hydroxyl groups is 1. The first-order valence-corrected chi connectivity index (χ1v) is 8.77. The number of carbonyl (C=O) groups is 1. The Morgan fingerprint density at radius 2 is 2.14 bits per heavy atom. The van der Waals surface area contributed by atoms with Gasteiger partial charge in [0.05, 0.1) is 6.61 Å². The second kappa shape index (κ2) is 6.70. The zero-order chi connectivity index (χ0) is 16.4. The molecule has 0 amide bonds. The monoisotopic (exact) mass is 304 g/mol. The van der Waals surface area contributed by atoms with E-state index in [1.807, 2.05) is 6.08 Å². The summed E-state index contributed by atoms with van der Waals surface area (Å²) in [5, 5.41) is 9.06. The van der Waals surface area contributed by atoms with Crippen LogP contribution in [0.1, 0.15) is 66.2 Å². The number of aldehydes is 1. The van der Waals surface area contributed by atoms with Crippen LogP contribution in [-0.4, -0.2) is 18.0 Å². The summed E-state index contributed by atoms with van der Waals surface area (Å²) < 4.78 is 0. The molecule has 0 aromatic rings. The normalized spacial score (nSPS) is 39.1. The summed E-state index contributed by atoms with van der Waals surface area (Å²) in [4.78, 5) is 11.7. The summed E-state index contributed by atoms with van der Waals surface area (Å²) in [5.74, 6) is 0.772. The molecule has 2 heteroatoms. The molecule has 0 aliphatic heterocycles. The third kappa shape index (κ3) is 2.95. The lowest BCUT2D eigenvalue weighted by molar-refractivity contribution is -0.124. The van der Waals surface area contributed by atoms with Crippen LogP contribution in [0, 0.1) is 22.7 Å². The highest BCUT2D eigenvalue weighted by atomic mass is 16.2. The Bertz CT molecular complexity index is 476. The highest BCUT2D eigenvalue weighted by Gasteiger charge is 2.54. The van der Waals surface area contributed by atoms with Gasteiger partial charge in [-0.2, -0.15) is 0 Å². The number of aliphatic hydroxyl groups excluding tert-OH is 1. The molecule has 2 aliphatic carbocycles. The van der Waals surface area contributed by atoms with Gasteiger partial charge in [0.2, 0.25) is 0 Å². The maximum Gasteiger partial charge on any atom is 0.123 e.